The van der Waals surface area contributed by atoms with Crippen molar-refractivity contribution in [1.82, 2.24) is 0 Å². The Morgan fingerprint density at radius 2 is 1.71 bits per heavy atom. The lowest BCUT2D eigenvalue weighted by molar-refractivity contribution is -0.113. The van der Waals surface area contributed by atoms with E-state index < -0.39 is 0 Å². The fourth-order valence-corrected chi connectivity index (χ4v) is 5.05. The van der Waals surface area contributed by atoms with Crippen LogP contribution in [0, 0.1) is 0 Å². The quantitative estimate of drug-likeness (QED) is 0.191. The molecule has 0 radical (unpaired) electrons. The topological polar surface area (TPSA) is 48.0 Å². The third-order valence-corrected chi connectivity index (χ3v) is 6.68. The second-order valence-electron chi connectivity index (χ2n) is 7.67. The predicted octanol–water partition coefficient (Wildman–Crippen LogP) is 6.42. The normalized spacial score (nSPS) is 14.3. The van der Waals surface area contributed by atoms with Gasteiger partial charge in [0.15, 0.2) is 15.8 Å². The van der Waals surface area contributed by atoms with Crippen LogP contribution in [0.1, 0.15) is 16.7 Å². The lowest BCUT2D eigenvalue weighted by atomic mass is 10.0. The van der Waals surface area contributed by atoms with Gasteiger partial charge in [-0.2, -0.15) is 0 Å². The Bertz CT molecular complexity index is 1290. The van der Waals surface area contributed by atoms with Crippen LogP contribution in [0.2, 0.25) is 0 Å². The summed E-state index contributed by atoms with van der Waals surface area (Å²) in [4.78, 5) is 15.3. The summed E-state index contributed by atoms with van der Waals surface area (Å²) in [6, 6.07) is 21.1. The molecule has 0 bridgehead atoms. The van der Waals surface area contributed by atoms with Gasteiger partial charge in [0.1, 0.15) is 12.4 Å². The van der Waals surface area contributed by atoms with Gasteiger partial charge in [0.2, 0.25) is 0 Å². The molecule has 178 valence electrons. The van der Waals surface area contributed by atoms with Crippen LogP contribution in [-0.2, 0) is 17.8 Å². The highest BCUT2D eigenvalue weighted by Gasteiger charge is 2.35. The first-order valence-corrected chi connectivity index (χ1v) is 12.2. The van der Waals surface area contributed by atoms with E-state index in [2.05, 4.69) is 6.58 Å². The first-order chi connectivity index (χ1) is 17.0. The smallest absolute Gasteiger partial charge is 0.270 e. The van der Waals surface area contributed by atoms with Crippen LogP contribution in [0.5, 0.6) is 17.2 Å². The van der Waals surface area contributed by atoms with Crippen molar-refractivity contribution < 1.29 is 19.0 Å². The van der Waals surface area contributed by atoms with Crippen LogP contribution in [0.25, 0.3) is 6.08 Å². The third-order valence-electron chi connectivity index (χ3n) is 5.38. The van der Waals surface area contributed by atoms with Gasteiger partial charge in [-0.25, -0.2) is 0 Å². The van der Waals surface area contributed by atoms with Crippen LogP contribution in [0.3, 0.4) is 0 Å². The summed E-state index contributed by atoms with van der Waals surface area (Å²) in [6.07, 6.45) is 4.23. The highest BCUT2D eigenvalue weighted by atomic mass is 32.2. The number of carbonyl (C=O) groups is 1. The Hall–Kier alpha value is -3.55. The molecule has 1 amide bonds. The number of anilines is 1. The van der Waals surface area contributed by atoms with E-state index in [-0.39, 0.29) is 5.91 Å². The summed E-state index contributed by atoms with van der Waals surface area (Å²) in [5.41, 5.74) is 3.41. The fourth-order valence-electron chi connectivity index (χ4n) is 3.76. The summed E-state index contributed by atoms with van der Waals surface area (Å²) in [5, 5.41) is 0. The van der Waals surface area contributed by atoms with Gasteiger partial charge in [-0.1, -0.05) is 72.5 Å². The number of carbonyl (C=O) groups excluding carboxylic acids is 1. The maximum Gasteiger partial charge on any atom is 0.270 e. The number of methoxy groups -OCH3 is 2. The molecule has 0 saturated carbocycles. The minimum absolute atomic E-state index is 0.196. The minimum Gasteiger partial charge on any atom is -0.495 e. The Kier molecular flexibility index (Phi) is 7.90. The van der Waals surface area contributed by atoms with Crippen molar-refractivity contribution in [3.8, 4) is 17.2 Å². The lowest BCUT2D eigenvalue weighted by Gasteiger charge is -2.17. The molecule has 7 heteroatoms. The minimum atomic E-state index is -0.196. The second-order valence-corrected chi connectivity index (χ2v) is 9.34. The molecule has 3 aromatic carbocycles. The summed E-state index contributed by atoms with van der Waals surface area (Å²) >= 11 is 6.79. The van der Waals surface area contributed by atoms with Crippen molar-refractivity contribution in [2.75, 3.05) is 19.1 Å². The number of thioether (sulfide) groups is 1. The maximum absolute atomic E-state index is 13.3. The number of ether oxygens (including phenoxy) is 3. The number of para-hydroxylation sites is 2. The van der Waals surface area contributed by atoms with Gasteiger partial charge in [-0.3, -0.25) is 9.69 Å². The number of allylic oxidation sites excluding steroid dienone is 1. The van der Waals surface area contributed by atoms with Gasteiger partial charge in [0, 0.05) is 5.56 Å². The van der Waals surface area contributed by atoms with Crippen molar-refractivity contribution in [3.63, 3.8) is 0 Å². The number of thiocarbonyl (C=S) groups is 1. The molecule has 0 N–H and O–H groups in total. The van der Waals surface area contributed by atoms with Crippen LogP contribution in [0.4, 0.5) is 5.69 Å². The highest BCUT2D eigenvalue weighted by molar-refractivity contribution is 8.27. The first-order valence-electron chi connectivity index (χ1n) is 10.9. The van der Waals surface area contributed by atoms with E-state index in [4.69, 9.17) is 26.4 Å². The Morgan fingerprint density at radius 3 is 2.43 bits per heavy atom. The van der Waals surface area contributed by atoms with Crippen LogP contribution < -0.4 is 19.1 Å². The number of rotatable bonds is 9. The molecule has 1 heterocycles. The molecule has 1 aliphatic rings. The number of nitrogens with zero attached hydrogens (tertiary/aromatic N) is 1. The zero-order valence-corrected chi connectivity index (χ0v) is 21.2. The number of benzene rings is 3. The lowest BCUT2D eigenvalue weighted by Crippen LogP contribution is -2.27. The van der Waals surface area contributed by atoms with Crippen LogP contribution in [-0.4, -0.2) is 24.4 Å². The molecule has 0 unspecified atom stereocenters. The molecule has 1 fully saturated rings. The van der Waals surface area contributed by atoms with E-state index in [1.807, 2.05) is 72.8 Å². The zero-order chi connectivity index (χ0) is 24.8. The molecule has 0 atom stereocenters. The summed E-state index contributed by atoms with van der Waals surface area (Å²) in [6.45, 7) is 4.29. The van der Waals surface area contributed by atoms with E-state index in [1.54, 1.807) is 20.3 Å². The van der Waals surface area contributed by atoms with Crippen molar-refractivity contribution >= 4 is 46.0 Å². The van der Waals surface area contributed by atoms with Gasteiger partial charge < -0.3 is 14.2 Å². The Balaban J connectivity index is 1.66. The molecule has 5 nitrogen and oxygen atoms in total. The molecule has 3 aromatic rings. The SMILES string of the molecule is C=CCc1cc(/C=C2\SC(=S)N(c3ccccc3OC)C2=O)cc(OC)c1OCc1ccccc1. The molecule has 1 aliphatic heterocycles. The van der Waals surface area contributed by atoms with Crippen LogP contribution >= 0.6 is 24.0 Å². The van der Waals surface area contributed by atoms with Gasteiger partial charge in [-0.05, 0) is 47.9 Å². The van der Waals surface area contributed by atoms with E-state index >= 15 is 0 Å². The molecule has 0 aliphatic carbocycles. The third kappa shape index (κ3) is 5.42. The average Bonchev–Trinajstić information content (AvgIpc) is 3.15. The maximum atomic E-state index is 13.3. The second kappa shape index (κ2) is 11.3. The van der Waals surface area contributed by atoms with Crippen molar-refractivity contribution in [2.24, 2.45) is 0 Å². The van der Waals surface area contributed by atoms with Gasteiger partial charge in [0.25, 0.3) is 5.91 Å². The monoisotopic (exact) mass is 503 g/mol. The van der Waals surface area contributed by atoms with Crippen molar-refractivity contribution in [1.29, 1.82) is 0 Å². The standard InChI is InChI=1S/C28H25NO4S2/c1-4-10-21-15-20(16-24(32-3)26(21)33-18-19-11-6-5-7-12-19)17-25-27(30)29(28(34)35-25)22-13-8-9-14-23(22)31-2/h4-9,11-17H,1,10,18H2,2-3H3/b25-17-. The Labute approximate surface area is 215 Å². The molecule has 0 spiro atoms. The number of hydrogen-bond donors (Lipinski definition) is 0. The summed E-state index contributed by atoms with van der Waals surface area (Å²) < 4.78 is 17.7. The summed E-state index contributed by atoms with van der Waals surface area (Å²) in [5.74, 6) is 1.64. The largest absolute Gasteiger partial charge is 0.495 e. The van der Waals surface area contributed by atoms with Gasteiger partial charge >= 0.3 is 0 Å². The van der Waals surface area contributed by atoms with E-state index in [1.165, 1.54) is 16.7 Å². The van der Waals surface area contributed by atoms with E-state index in [9.17, 15) is 4.79 Å². The van der Waals surface area contributed by atoms with Crippen LogP contribution in [0.15, 0.2) is 84.3 Å². The van der Waals surface area contributed by atoms with Gasteiger partial charge in [-0.15, -0.1) is 6.58 Å². The summed E-state index contributed by atoms with van der Waals surface area (Å²) in [7, 11) is 3.18. The molecule has 1 saturated heterocycles. The molecular weight excluding hydrogens is 478 g/mol. The predicted molar refractivity (Wildman–Crippen MR) is 146 cm³/mol. The molecule has 35 heavy (non-hydrogen) atoms. The fraction of sp³-hybridized carbons (Fsp3) is 0.143. The molecule has 0 aromatic heterocycles. The van der Waals surface area contributed by atoms with Crippen molar-refractivity contribution in [2.45, 2.75) is 13.0 Å². The first kappa shape index (κ1) is 24.6. The van der Waals surface area contributed by atoms with Crippen molar-refractivity contribution in [3.05, 3.63) is 101 Å². The van der Waals surface area contributed by atoms with Gasteiger partial charge in [0.05, 0.1) is 24.8 Å². The Morgan fingerprint density at radius 1 is 1.00 bits per heavy atom. The zero-order valence-electron chi connectivity index (χ0n) is 19.5. The highest BCUT2D eigenvalue weighted by Crippen LogP contribution is 2.41. The average molecular weight is 504 g/mol. The van der Waals surface area contributed by atoms with E-state index in [0.29, 0.717) is 45.2 Å². The molecular formula is C28H25NO4S2. The van der Waals surface area contributed by atoms with E-state index in [0.717, 1.165) is 16.7 Å². The number of hydrogen-bond acceptors (Lipinski definition) is 6. The number of amides is 1. The molecule has 4 rings (SSSR count).